The van der Waals surface area contributed by atoms with E-state index in [9.17, 15) is 5.21 Å². The van der Waals surface area contributed by atoms with Gasteiger partial charge in [-0.05, 0) is 37.1 Å². The van der Waals surface area contributed by atoms with E-state index in [1.54, 1.807) is 0 Å². The first-order chi connectivity index (χ1) is 7.70. The molecule has 0 heterocycles. The summed E-state index contributed by atoms with van der Waals surface area (Å²) in [5.74, 6) is 0. The van der Waals surface area contributed by atoms with E-state index in [2.05, 4.69) is 0 Å². The van der Waals surface area contributed by atoms with Crippen LogP contribution in [-0.2, 0) is 0 Å². The van der Waals surface area contributed by atoms with E-state index in [1.165, 1.54) is 5.06 Å². The molecule has 0 fully saturated rings. The Bertz CT molecular complexity index is 448. The van der Waals surface area contributed by atoms with E-state index in [1.807, 2.05) is 62.4 Å². The van der Waals surface area contributed by atoms with Crippen molar-refractivity contribution in [3.05, 3.63) is 59.7 Å². The monoisotopic (exact) mass is 213 g/mol. The Hall–Kier alpha value is -1.80. The van der Waals surface area contributed by atoms with Crippen LogP contribution in [0.1, 0.15) is 11.1 Å². The van der Waals surface area contributed by atoms with Gasteiger partial charge in [-0.15, -0.1) is 0 Å². The summed E-state index contributed by atoms with van der Waals surface area (Å²) in [5.41, 5.74) is 3.73. The van der Waals surface area contributed by atoms with Crippen LogP contribution < -0.4 is 5.06 Å². The van der Waals surface area contributed by atoms with Gasteiger partial charge in [-0.25, -0.2) is 5.06 Å². The molecule has 2 aromatic rings. The number of nitrogens with zero attached hydrogens (tertiary/aromatic N) is 1. The van der Waals surface area contributed by atoms with Crippen LogP contribution in [0, 0.1) is 13.8 Å². The molecule has 82 valence electrons. The minimum absolute atomic E-state index is 0.816. The molecule has 2 nitrogen and oxygen atoms in total. The van der Waals surface area contributed by atoms with Crippen LogP contribution >= 0.6 is 0 Å². The molecular formula is C14H15NO. The maximum absolute atomic E-state index is 10.2. The van der Waals surface area contributed by atoms with E-state index in [0.717, 1.165) is 22.5 Å². The zero-order valence-electron chi connectivity index (χ0n) is 9.51. The Kier molecular flexibility index (Phi) is 2.93. The van der Waals surface area contributed by atoms with Gasteiger partial charge in [0.2, 0.25) is 0 Å². The fourth-order valence-corrected chi connectivity index (χ4v) is 1.73. The number of rotatable bonds is 2. The number of hydrogen-bond acceptors (Lipinski definition) is 2. The first-order valence-corrected chi connectivity index (χ1v) is 5.30. The molecule has 0 radical (unpaired) electrons. The van der Waals surface area contributed by atoms with Gasteiger partial charge in [0.1, 0.15) is 0 Å². The zero-order valence-corrected chi connectivity index (χ0v) is 9.51. The highest BCUT2D eigenvalue weighted by molar-refractivity contribution is 5.65. The van der Waals surface area contributed by atoms with Crippen molar-refractivity contribution in [3.8, 4) is 0 Å². The molecule has 0 spiro atoms. The van der Waals surface area contributed by atoms with Gasteiger partial charge in [-0.1, -0.05) is 36.4 Å². The van der Waals surface area contributed by atoms with E-state index in [4.69, 9.17) is 0 Å². The van der Waals surface area contributed by atoms with Crippen LogP contribution in [0.15, 0.2) is 48.5 Å². The minimum Gasteiger partial charge on any atom is -0.283 e. The maximum atomic E-state index is 10.2. The quantitative estimate of drug-likeness (QED) is 0.766. The molecule has 0 atom stereocenters. The fourth-order valence-electron chi connectivity index (χ4n) is 1.73. The Balaban J connectivity index is 2.44. The standard InChI is InChI=1S/C14H15NO/c1-11-7-3-5-9-13(11)15(16)14-10-6-4-8-12(14)2/h3-10,16H,1-2H3. The summed E-state index contributed by atoms with van der Waals surface area (Å²) in [4.78, 5) is 0. The van der Waals surface area contributed by atoms with Crippen molar-refractivity contribution in [3.63, 3.8) is 0 Å². The van der Waals surface area contributed by atoms with E-state index in [0.29, 0.717) is 0 Å². The average Bonchev–Trinajstić information content (AvgIpc) is 2.29. The molecule has 0 aliphatic heterocycles. The average molecular weight is 213 g/mol. The van der Waals surface area contributed by atoms with Crippen molar-refractivity contribution in [1.82, 2.24) is 0 Å². The molecule has 0 saturated heterocycles. The van der Waals surface area contributed by atoms with Crippen LogP contribution in [-0.4, -0.2) is 5.21 Å². The smallest absolute Gasteiger partial charge is 0.0722 e. The number of aryl methyl sites for hydroxylation is 2. The van der Waals surface area contributed by atoms with Gasteiger partial charge < -0.3 is 0 Å². The van der Waals surface area contributed by atoms with Crippen molar-refractivity contribution in [2.45, 2.75) is 13.8 Å². The van der Waals surface area contributed by atoms with E-state index < -0.39 is 0 Å². The van der Waals surface area contributed by atoms with Gasteiger partial charge in [0, 0.05) is 0 Å². The summed E-state index contributed by atoms with van der Waals surface area (Å²) in [6.07, 6.45) is 0. The number of benzene rings is 2. The Labute approximate surface area is 95.7 Å². The van der Waals surface area contributed by atoms with Crippen molar-refractivity contribution >= 4 is 11.4 Å². The highest BCUT2D eigenvalue weighted by Gasteiger charge is 2.09. The number of para-hydroxylation sites is 2. The Morgan fingerprint density at radius 3 is 1.50 bits per heavy atom. The fraction of sp³-hybridized carbons (Fsp3) is 0.143. The Morgan fingerprint density at radius 1 is 0.750 bits per heavy atom. The molecule has 2 rings (SSSR count). The van der Waals surface area contributed by atoms with Gasteiger partial charge in [0.25, 0.3) is 0 Å². The third-order valence-electron chi connectivity index (χ3n) is 2.69. The lowest BCUT2D eigenvalue weighted by molar-refractivity contribution is 0.300. The zero-order chi connectivity index (χ0) is 11.5. The summed E-state index contributed by atoms with van der Waals surface area (Å²) in [5, 5.41) is 11.4. The molecule has 0 aromatic heterocycles. The van der Waals surface area contributed by atoms with Crippen LogP contribution in [0.4, 0.5) is 11.4 Å². The van der Waals surface area contributed by atoms with Crippen LogP contribution in [0.2, 0.25) is 0 Å². The molecular weight excluding hydrogens is 198 g/mol. The summed E-state index contributed by atoms with van der Waals surface area (Å²) in [6.45, 7) is 3.97. The summed E-state index contributed by atoms with van der Waals surface area (Å²) >= 11 is 0. The predicted molar refractivity (Wildman–Crippen MR) is 66.3 cm³/mol. The molecule has 2 heteroatoms. The summed E-state index contributed by atoms with van der Waals surface area (Å²) in [7, 11) is 0. The second-order valence-corrected chi connectivity index (χ2v) is 3.88. The van der Waals surface area contributed by atoms with E-state index in [-0.39, 0.29) is 0 Å². The van der Waals surface area contributed by atoms with Crippen LogP contribution in [0.5, 0.6) is 0 Å². The molecule has 0 saturated carbocycles. The van der Waals surface area contributed by atoms with Gasteiger partial charge >= 0.3 is 0 Å². The molecule has 0 aliphatic carbocycles. The molecule has 2 aromatic carbocycles. The highest BCUT2D eigenvalue weighted by Crippen LogP contribution is 2.28. The first kappa shape index (κ1) is 10.7. The molecule has 0 amide bonds. The van der Waals surface area contributed by atoms with Crippen molar-refractivity contribution in [1.29, 1.82) is 0 Å². The lowest BCUT2D eigenvalue weighted by Gasteiger charge is -2.20. The third-order valence-corrected chi connectivity index (χ3v) is 2.69. The second kappa shape index (κ2) is 4.37. The maximum Gasteiger partial charge on any atom is 0.0722 e. The second-order valence-electron chi connectivity index (χ2n) is 3.88. The Morgan fingerprint density at radius 2 is 1.12 bits per heavy atom. The lowest BCUT2D eigenvalue weighted by Crippen LogP contribution is -2.12. The topological polar surface area (TPSA) is 23.5 Å². The van der Waals surface area contributed by atoms with E-state index >= 15 is 0 Å². The molecule has 0 unspecified atom stereocenters. The van der Waals surface area contributed by atoms with Gasteiger partial charge in [0.15, 0.2) is 0 Å². The van der Waals surface area contributed by atoms with Crippen molar-refractivity contribution < 1.29 is 5.21 Å². The number of anilines is 2. The number of hydrogen-bond donors (Lipinski definition) is 1. The SMILES string of the molecule is Cc1ccccc1N(O)c1ccccc1C. The van der Waals surface area contributed by atoms with Crippen molar-refractivity contribution in [2.24, 2.45) is 0 Å². The van der Waals surface area contributed by atoms with Gasteiger partial charge in [-0.2, -0.15) is 0 Å². The molecule has 0 aliphatic rings. The summed E-state index contributed by atoms with van der Waals surface area (Å²) < 4.78 is 0. The third kappa shape index (κ3) is 1.92. The summed E-state index contributed by atoms with van der Waals surface area (Å²) in [6, 6.07) is 15.5. The molecule has 16 heavy (non-hydrogen) atoms. The van der Waals surface area contributed by atoms with Gasteiger partial charge in [0.05, 0.1) is 11.4 Å². The highest BCUT2D eigenvalue weighted by atomic mass is 16.5. The minimum atomic E-state index is 0.816. The van der Waals surface area contributed by atoms with Crippen LogP contribution in [0.3, 0.4) is 0 Å². The first-order valence-electron chi connectivity index (χ1n) is 5.30. The lowest BCUT2D eigenvalue weighted by atomic mass is 10.1. The molecule has 0 bridgehead atoms. The van der Waals surface area contributed by atoms with Crippen molar-refractivity contribution in [2.75, 3.05) is 5.06 Å². The van der Waals surface area contributed by atoms with Crippen LogP contribution in [0.25, 0.3) is 0 Å². The largest absolute Gasteiger partial charge is 0.283 e. The van der Waals surface area contributed by atoms with Gasteiger partial charge in [-0.3, -0.25) is 5.21 Å². The normalized spacial score (nSPS) is 10.2. The molecule has 1 N–H and O–H groups in total. The predicted octanol–water partition coefficient (Wildman–Crippen LogP) is 3.83.